The molecule has 22 heavy (non-hydrogen) atoms. The lowest BCUT2D eigenvalue weighted by molar-refractivity contribution is -0.0521. The lowest BCUT2D eigenvalue weighted by Crippen LogP contribution is -2.48. The number of carbonyl (C=O) groups is 1. The Labute approximate surface area is 131 Å². The van der Waals surface area contributed by atoms with Gasteiger partial charge in [-0.2, -0.15) is 0 Å². The molecule has 1 amide bonds. The lowest BCUT2D eigenvalue weighted by atomic mass is 9.93. The zero-order chi connectivity index (χ0) is 16.0. The quantitative estimate of drug-likeness (QED) is 0.853. The van der Waals surface area contributed by atoms with Crippen LogP contribution in [-0.2, 0) is 15.9 Å². The van der Waals surface area contributed by atoms with Crippen LogP contribution >= 0.6 is 0 Å². The molecule has 2 aliphatic rings. The fourth-order valence-corrected chi connectivity index (χ4v) is 3.29. The van der Waals surface area contributed by atoms with Crippen LogP contribution in [0.2, 0.25) is 0 Å². The summed E-state index contributed by atoms with van der Waals surface area (Å²) in [6.07, 6.45) is 1.43. The smallest absolute Gasteiger partial charge is 0.410 e. The first kappa shape index (κ1) is 15.2. The van der Waals surface area contributed by atoms with E-state index in [0.29, 0.717) is 13.2 Å². The van der Waals surface area contributed by atoms with Gasteiger partial charge in [0.25, 0.3) is 0 Å². The van der Waals surface area contributed by atoms with Gasteiger partial charge in [0.1, 0.15) is 5.60 Å². The van der Waals surface area contributed by atoms with Crippen LogP contribution in [-0.4, -0.2) is 41.4 Å². The molecule has 3 rings (SSSR count). The maximum Gasteiger partial charge on any atom is 0.410 e. The van der Waals surface area contributed by atoms with Gasteiger partial charge in [0.05, 0.1) is 24.8 Å². The summed E-state index contributed by atoms with van der Waals surface area (Å²) in [5.74, 6) is 0. The first-order valence-corrected chi connectivity index (χ1v) is 7.74. The molecule has 0 unspecified atom stereocenters. The second-order valence-corrected chi connectivity index (χ2v) is 7.38. The molecule has 0 aliphatic carbocycles. The molecule has 1 aromatic carbocycles. The number of nitrogen functional groups attached to an aromatic ring is 1. The fourth-order valence-electron chi connectivity index (χ4n) is 3.29. The summed E-state index contributed by atoms with van der Waals surface area (Å²) in [5, 5.41) is 0. The van der Waals surface area contributed by atoms with Crippen molar-refractivity contribution in [2.24, 2.45) is 0 Å². The number of rotatable bonds is 2. The van der Waals surface area contributed by atoms with Gasteiger partial charge in [-0.3, -0.25) is 4.90 Å². The zero-order valence-corrected chi connectivity index (χ0v) is 13.5. The summed E-state index contributed by atoms with van der Waals surface area (Å²) in [4.78, 5) is 14.1. The van der Waals surface area contributed by atoms with Crippen LogP contribution in [0.15, 0.2) is 24.3 Å². The van der Waals surface area contributed by atoms with Crippen LogP contribution in [0.5, 0.6) is 0 Å². The SMILES string of the molecule is CC(C)(C)OC(=O)N1C[C@@]2(Cc3ccc(N)cc3)C[C@@H]1CO2. The maximum absolute atomic E-state index is 12.3. The van der Waals surface area contributed by atoms with Crippen molar-refractivity contribution in [2.75, 3.05) is 18.9 Å². The second kappa shape index (κ2) is 5.16. The minimum atomic E-state index is -0.468. The fraction of sp³-hybridized carbons (Fsp3) is 0.588. The number of carbonyl (C=O) groups excluding carboxylic acids is 1. The first-order valence-electron chi connectivity index (χ1n) is 7.74. The molecule has 2 bridgehead atoms. The van der Waals surface area contributed by atoms with E-state index in [2.05, 4.69) is 0 Å². The second-order valence-electron chi connectivity index (χ2n) is 7.38. The van der Waals surface area contributed by atoms with E-state index in [1.807, 2.05) is 49.9 Å². The van der Waals surface area contributed by atoms with Gasteiger partial charge in [0.15, 0.2) is 0 Å². The summed E-state index contributed by atoms with van der Waals surface area (Å²) in [7, 11) is 0. The van der Waals surface area contributed by atoms with Crippen LogP contribution in [0.25, 0.3) is 0 Å². The van der Waals surface area contributed by atoms with E-state index in [1.54, 1.807) is 0 Å². The molecular formula is C17H24N2O3. The third-order valence-electron chi connectivity index (χ3n) is 4.22. The minimum Gasteiger partial charge on any atom is -0.444 e. The molecule has 1 aromatic rings. The van der Waals surface area contributed by atoms with Gasteiger partial charge >= 0.3 is 6.09 Å². The summed E-state index contributed by atoms with van der Waals surface area (Å²) < 4.78 is 11.5. The van der Waals surface area contributed by atoms with Crippen LogP contribution in [0.1, 0.15) is 32.8 Å². The molecule has 2 saturated heterocycles. The van der Waals surface area contributed by atoms with E-state index < -0.39 is 5.60 Å². The van der Waals surface area contributed by atoms with Gasteiger partial charge in [-0.15, -0.1) is 0 Å². The topological polar surface area (TPSA) is 64.8 Å². The third kappa shape index (κ3) is 3.04. The number of hydrogen-bond donors (Lipinski definition) is 1. The van der Waals surface area contributed by atoms with E-state index in [-0.39, 0.29) is 17.7 Å². The van der Waals surface area contributed by atoms with E-state index >= 15 is 0 Å². The Bertz CT molecular complexity index is 564. The standard InChI is InChI=1S/C17H24N2O3/c1-16(2,3)22-15(20)19-11-17(9-14(19)10-21-17)8-12-4-6-13(18)7-5-12/h4-7,14H,8-11,18H2,1-3H3/t14-,17-/m1/s1. The summed E-state index contributed by atoms with van der Waals surface area (Å²) in [6, 6.07) is 7.98. The number of benzene rings is 1. The third-order valence-corrected chi connectivity index (χ3v) is 4.22. The Morgan fingerprint density at radius 3 is 2.73 bits per heavy atom. The van der Waals surface area contributed by atoms with Crippen LogP contribution < -0.4 is 5.73 Å². The lowest BCUT2D eigenvalue weighted by Gasteiger charge is -2.34. The van der Waals surface area contributed by atoms with Crippen molar-refractivity contribution in [3.8, 4) is 0 Å². The van der Waals surface area contributed by atoms with Crippen molar-refractivity contribution >= 4 is 11.8 Å². The van der Waals surface area contributed by atoms with Gasteiger partial charge < -0.3 is 15.2 Å². The molecular weight excluding hydrogens is 280 g/mol. The zero-order valence-electron chi connectivity index (χ0n) is 13.5. The van der Waals surface area contributed by atoms with E-state index in [0.717, 1.165) is 18.5 Å². The molecule has 0 saturated carbocycles. The number of likely N-dealkylation sites (tertiary alicyclic amines) is 1. The number of nitrogens with zero attached hydrogens (tertiary/aromatic N) is 1. The molecule has 5 heteroatoms. The Morgan fingerprint density at radius 2 is 2.09 bits per heavy atom. The first-order chi connectivity index (χ1) is 10.3. The number of amides is 1. The number of ether oxygens (including phenoxy) is 2. The molecule has 120 valence electrons. The Morgan fingerprint density at radius 1 is 1.41 bits per heavy atom. The largest absolute Gasteiger partial charge is 0.444 e. The highest BCUT2D eigenvalue weighted by molar-refractivity contribution is 5.69. The average Bonchev–Trinajstić information content (AvgIpc) is 2.97. The number of hydrogen-bond acceptors (Lipinski definition) is 4. The van der Waals surface area contributed by atoms with Crippen molar-refractivity contribution in [1.82, 2.24) is 4.90 Å². The van der Waals surface area contributed by atoms with Gasteiger partial charge in [-0.05, 0) is 38.5 Å². The molecule has 5 nitrogen and oxygen atoms in total. The van der Waals surface area contributed by atoms with Crippen molar-refractivity contribution in [1.29, 1.82) is 0 Å². The highest BCUT2D eigenvalue weighted by Gasteiger charge is 2.53. The van der Waals surface area contributed by atoms with Crippen LogP contribution in [0.4, 0.5) is 10.5 Å². The van der Waals surface area contributed by atoms with E-state index in [9.17, 15) is 4.79 Å². The van der Waals surface area contributed by atoms with Gasteiger partial charge in [0, 0.05) is 18.5 Å². The number of morpholine rings is 1. The monoisotopic (exact) mass is 304 g/mol. The van der Waals surface area contributed by atoms with E-state index in [4.69, 9.17) is 15.2 Å². The van der Waals surface area contributed by atoms with E-state index in [1.165, 1.54) is 5.56 Å². The Hall–Kier alpha value is -1.75. The predicted octanol–water partition coefficient (Wildman–Crippen LogP) is 2.59. The highest BCUT2D eigenvalue weighted by atomic mass is 16.6. The van der Waals surface area contributed by atoms with Crippen LogP contribution in [0.3, 0.4) is 0 Å². The summed E-state index contributed by atoms with van der Waals surface area (Å²) in [5.41, 5.74) is 6.92. The van der Waals surface area contributed by atoms with Gasteiger partial charge in [-0.25, -0.2) is 4.79 Å². The number of fused-ring (bicyclic) bond motifs is 2. The van der Waals surface area contributed by atoms with Crippen molar-refractivity contribution in [3.05, 3.63) is 29.8 Å². The van der Waals surface area contributed by atoms with Crippen molar-refractivity contribution in [2.45, 2.75) is 50.9 Å². The van der Waals surface area contributed by atoms with Gasteiger partial charge in [0.2, 0.25) is 0 Å². The number of anilines is 1. The van der Waals surface area contributed by atoms with Crippen molar-refractivity contribution in [3.63, 3.8) is 0 Å². The predicted molar refractivity (Wildman–Crippen MR) is 84.6 cm³/mol. The minimum absolute atomic E-state index is 0.128. The molecule has 2 N–H and O–H groups in total. The summed E-state index contributed by atoms with van der Waals surface area (Å²) >= 11 is 0. The maximum atomic E-state index is 12.3. The Balaban J connectivity index is 1.69. The molecule has 2 atom stereocenters. The molecule has 2 aliphatic heterocycles. The van der Waals surface area contributed by atoms with Crippen LogP contribution in [0, 0.1) is 0 Å². The van der Waals surface area contributed by atoms with Gasteiger partial charge in [-0.1, -0.05) is 12.1 Å². The highest BCUT2D eigenvalue weighted by Crippen LogP contribution is 2.40. The molecule has 2 heterocycles. The Kier molecular flexibility index (Phi) is 3.56. The molecule has 0 radical (unpaired) electrons. The van der Waals surface area contributed by atoms with Crippen molar-refractivity contribution < 1.29 is 14.3 Å². The summed E-state index contributed by atoms with van der Waals surface area (Å²) in [6.45, 7) is 6.85. The molecule has 0 spiro atoms. The molecule has 2 fully saturated rings. The normalized spacial score (nSPS) is 27.2. The number of nitrogens with two attached hydrogens (primary N) is 1. The molecule has 0 aromatic heterocycles. The average molecular weight is 304 g/mol.